The molecule has 0 saturated carbocycles. The lowest BCUT2D eigenvalue weighted by atomic mass is 9.99. The fourth-order valence-electron chi connectivity index (χ4n) is 8.12. The van der Waals surface area contributed by atoms with Gasteiger partial charge in [0.15, 0.2) is 0 Å². The van der Waals surface area contributed by atoms with Crippen molar-refractivity contribution >= 4 is 85.0 Å². The van der Waals surface area contributed by atoms with Crippen molar-refractivity contribution < 1.29 is 4.42 Å². The first kappa shape index (κ1) is 29.4. The first-order valence-electron chi connectivity index (χ1n) is 17.4. The Hall–Kier alpha value is -5.34. The Morgan fingerprint density at radius 1 is 0.392 bits per heavy atom. The quantitative estimate of drug-likeness (QED) is 0.172. The summed E-state index contributed by atoms with van der Waals surface area (Å²) in [5.41, 5.74) is 8.01. The van der Waals surface area contributed by atoms with E-state index in [2.05, 4.69) is 162 Å². The highest BCUT2D eigenvalue weighted by molar-refractivity contribution is 7.27. The van der Waals surface area contributed by atoms with Crippen LogP contribution in [0.3, 0.4) is 0 Å². The van der Waals surface area contributed by atoms with Crippen LogP contribution in [0, 0.1) is 0 Å². The summed E-state index contributed by atoms with van der Waals surface area (Å²) in [6.45, 7) is 0. The van der Waals surface area contributed by atoms with E-state index in [-0.39, 0.29) is 18.5 Å². The summed E-state index contributed by atoms with van der Waals surface area (Å²) in [6.07, 6.45) is -0.348. The lowest BCUT2D eigenvalue weighted by Crippen LogP contribution is -2.54. The number of furan rings is 1. The van der Waals surface area contributed by atoms with Crippen LogP contribution >= 0.6 is 22.7 Å². The van der Waals surface area contributed by atoms with E-state index in [4.69, 9.17) is 4.42 Å². The molecule has 4 heterocycles. The van der Waals surface area contributed by atoms with Gasteiger partial charge in [-0.15, -0.1) is 22.7 Å². The summed E-state index contributed by atoms with van der Waals surface area (Å²) < 4.78 is 11.6. The van der Waals surface area contributed by atoms with Gasteiger partial charge >= 0.3 is 0 Å². The van der Waals surface area contributed by atoms with E-state index in [1.807, 2.05) is 28.7 Å². The largest absolute Gasteiger partial charge is 0.456 e. The van der Waals surface area contributed by atoms with E-state index in [1.165, 1.54) is 68.2 Å². The fraction of sp³-hybridized carbons (Fsp3) is 0.0667. The summed E-state index contributed by atoms with van der Waals surface area (Å²) in [5.74, 6) is 0. The van der Waals surface area contributed by atoms with Gasteiger partial charge < -0.3 is 4.42 Å². The van der Waals surface area contributed by atoms with E-state index in [9.17, 15) is 0 Å². The van der Waals surface area contributed by atoms with Crippen LogP contribution in [0.2, 0.25) is 0 Å². The monoisotopic (exact) mass is 693 g/mol. The number of hydrogen-bond acceptors (Lipinski definition) is 6. The molecule has 51 heavy (non-hydrogen) atoms. The molecule has 1 aliphatic heterocycles. The molecule has 3 N–H and O–H groups in total. The van der Waals surface area contributed by atoms with E-state index in [0.29, 0.717) is 0 Å². The number of nitrogens with one attached hydrogen (secondary N) is 3. The molecule has 4 nitrogen and oxygen atoms in total. The van der Waals surface area contributed by atoms with Crippen LogP contribution < -0.4 is 16.0 Å². The van der Waals surface area contributed by atoms with Crippen molar-refractivity contribution in [2.24, 2.45) is 0 Å². The van der Waals surface area contributed by atoms with Crippen molar-refractivity contribution in [3.8, 4) is 11.1 Å². The zero-order valence-corrected chi connectivity index (χ0v) is 29.0. The van der Waals surface area contributed by atoms with Crippen LogP contribution in [0.25, 0.3) is 73.4 Å². The van der Waals surface area contributed by atoms with E-state index >= 15 is 0 Å². The molecule has 0 radical (unpaired) electrons. The van der Waals surface area contributed by atoms with Crippen molar-refractivity contribution in [1.29, 1.82) is 0 Å². The smallest absolute Gasteiger partial charge is 0.135 e. The topological polar surface area (TPSA) is 49.2 Å². The maximum absolute atomic E-state index is 6.32. The van der Waals surface area contributed by atoms with E-state index < -0.39 is 0 Å². The Bertz CT molecular complexity index is 2940. The number of hydrogen-bond donors (Lipinski definition) is 3. The standard InChI is InChI=1S/C45H31N3OS2/c1-2-12-26(13-3-1)43-46-44(34-21-11-24-37-39(34)33-15-4-6-23-36(33)49-37)48-45(47-43)35-22-10-20-32-31-19-9-18-30(41(31)51-42(32)35)29-17-8-16-28-27-14-5-7-25-38(27)50-40(28)29/h1-25,43-48H. The molecule has 10 aromatic rings. The zero-order chi connectivity index (χ0) is 33.5. The van der Waals surface area contributed by atoms with Gasteiger partial charge in [-0.1, -0.05) is 133 Å². The molecule has 0 amide bonds. The number of fused-ring (bicyclic) bond motifs is 9. The van der Waals surface area contributed by atoms with E-state index in [0.717, 1.165) is 21.9 Å². The Morgan fingerprint density at radius 3 is 1.76 bits per heavy atom. The third-order valence-corrected chi connectivity index (χ3v) is 13.0. The molecule has 11 rings (SSSR count). The molecule has 3 atom stereocenters. The number of rotatable bonds is 4. The summed E-state index contributed by atoms with van der Waals surface area (Å²) in [6, 6.07) is 54.5. The molecular formula is C45H31N3OS2. The fourth-order valence-corrected chi connectivity index (χ4v) is 10.7. The Morgan fingerprint density at radius 2 is 0.941 bits per heavy atom. The molecule has 3 aromatic heterocycles. The Labute approximate surface area is 302 Å². The highest BCUT2D eigenvalue weighted by atomic mass is 32.1. The molecule has 244 valence electrons. The van der Waals surface area contributed by atoms with Crippen LogP contribution in [0.5, 0.6) is 0 Å². The minimum atomic E-state index is -0.142. The summed E-state index contributed by atoms with van der Waals surface area (Å²) >= 11 is 3.80. The predicted octanol–water partition coefficient (Wildman–Crippen LogP) is 12.2. The normalized spacial score (nSPS) is 18.2. The summed E-state index contributed by atoms with van der Waals surface area (Å²) in [4.78, 5) is 0. The molecule has 0 aliphatic carbocycles. The first-order chi connectivity index (χ1) is 25.3. The molecule has 7 aromatic carbocycles. The minimum absolute atomic E-state index is 0.0818. The average Bonchev–Trinajstić information content (AvgIpc) is 3.89. The zero-order valence-electron chi connectivity index (χ0n) is 27.4. The van der Waals surface area contributed by atoms with Gasteiger partial charge in [-0.05, 0) is 29.3 Å². The van der Waals surface area contributed by atoms with Crippen molar-refractivity contribution in [2.45, 2.75) is 18.5 Å². The number of thiophene rings is 2. The average molecular weight is 694 g/mol. The molecule has 1 saturated heterocycles. The third kappa shape index (κ3) is 4.62. The van der Waals surface area contributed by atoms with Crippen molar-refractivity contribution in [1.82, 2.24) is 16.0 Å². The van der Waals surface area contributed by atoms with Gasteiger partial charge in [-0.3, -0.25) is 16.0 Å². The highest BCUT2D eigenvalue weighted by Gasteiger charge is 2.32. The van der Waals surface area contributed by atoms with Gasteiger partial charge in [0.2, 0.25) is 0 Å². The second kappa shape index (κ2) is 11.6. The van der Waals surface area contributed by atoms with Gasteiger partial charge in [0.25, 0.3) is 0 Å². The maximum Gasteiger partial charge on any atom is 0.135 e. The van der Waals surface area contributed by atoms with Crippen LogP contribution in [0.15, 0.2) is 156 Å². The summed E-state index contributed by atoms with van der Waals surface area (Å²) in [5, 5.41) is 19.4. The van der Waals surface area contributed by atoms with Gasteiger partial charge in [0, 0.05) is 67.8 Å². The number of benzene rings is 7. The lowest BCUT2D eigenvalue weighted by molar-refractivity contribution is 0.205. The minimum Gasteiger partial charge on any atom is -0.456 e. The third-order valence-electron chi connectivity index (χ3n) is 10.4. The van der Waals surface area contributed by atoms with Gasteiger partial charge in [-0.2, -0.15) is 0 Å². The highest BCUT2D eigenvalue weighted by Crippen LogP contribution is 2.47. The van der Waals surface area contributed by atoms with Crippen molar-refractivity contribution in [3.63, 3.8) is 0 Å². The lowest BCUT2D eigenvalue weighted by Gasteiger charge is -2.40. The molecule has 1 aliphatic rings. The van der Waals surface area contributed by atoms with Gasteiger partial charge in [0.05, 0.1) is 18.5 Å². The molecule has 3 unspecified atom stereocenters. The molecular weight excluding hydrogens is 663 g/mol. The molecule has 0 bridgehead atoms. The Balaban J connectivity index is 1.08. The van der Waals surface area contributed by atoms with Crippen molar-refractivity contribution in [2.75, 3.05) is 0 Å². The number of para-hydroxylation sites is 1. The SMILES string of the molecule is c1ccc(C2NC(c3cccc4c3sc3c(-c5cccc6c5sc5ccccc56)cccc34)NC(c3cccc4oc5ccccc5c34)N2)cc1. The van der Waals surface area contributed by atoms with Crippen LogP contribution in [-0.2, 0) is 0 Å². The molecule has 1 fully saturated rings. The Kier molecular flexibility index (Phi) is 6.69. The van der Waals surface area contributed by atoms with Crippen LogP contribution in [0.4, 0.5) is 0 Å². The second-order valence-corrected chi connectivity index (χ2v) is 15.4. The predicted molar refractivity (Wildman–Crippen MR) is 215 cm³/mol. The molecule has 6 heteroatoms. The van der Waals surface area contributed by atoms with Crippen LogP contribution in [-0.4, -0.2) is 0 Å². The van der Waals surface area contributed by atoms with Gasteiger partial charge in [0.1, 0.15) is 11.2 Å². The van der Waals surface area contributed by atoms with Crippen molar-refractivity contribution in [3.05, 3.63) is 168 Å². The summed E-state index contributed by atoms with van der Waals surface area (Å²) in [7, 11) is 0. The second-order valence-electron chi connectivity index (χ2n) is 13.3. The van der Waals surface area contributed by atoms with E-state index in [1.54, 1.807) is 0 Å². The maximum atomic E-state index is 6.32. The van der Waals surface area contributed by atoms with Crippen LogP contribution in [0.1, 0.15) is 35.2 Å². The van der Waals surface area contributed by atoms with Gasteiger partial charge in [-0.25, -0.2) is 0 Å². The molecule has 0 spiro atoms. The first-order valence-corrected chi connectivity index (χ1v) is 19.0.